The number of rotatable bonds is 3. The lowest BCUT2D eigenvalue weighted by Gasteiger charge is -2.42. The molecule has 2 aromatic carbocycles. The maximum Gasteiger partial charge on any atom is 0.203 e. The standard InChI is InChI=1S/C21H22O11/c1-7-15(26)17(28)18(29)21(30-7)32-20-16(27)14-12(25)5-9(22)6-13(14)31-19(20)8-2-3-10(23)11(24)4-8/h2-7,15,17-26,28-29H,1H3/t7-,15-,17+,18+,19-,20+,21?/m0/s1. The molecule has 11 nitrogen and oxygen atoms in total. The fourth-order valence-electron chi connectivity index (χ4n) is 3.77. The van der Waals surface area contributed by atoms with E-state index in [0.717, 1.165) is 18.2 Å². The second-order valence-corrected chi connectivity index (χ2v) is 7.73. The van der Waals surface area contributed by atoms with E-state index < -0.39 is 65.9 Å². The highest BCUT2D eigenvalue weighted by Gasteiger charge is 2.48. The molecule has 0 aromatic heterocycles. The minimum Gasteiger partial charge on any atom is -0.508 e. The van der Waals surface area contributed by atoms with Crippen LogP contribution in [-0.2, 0) is 9.47 Å². The number of benzene rings is 2. The Hall–Kier alpha value is -3.09. The van der Waals surface area contributed by atoms with Crippen LogP contribution in [0.2, 0.25) is 0 Å². The summed E-state index contributed by atoms with van der Waals surface area (Å²) in [6, 6.07) is 5.72. The van der Waals surface area contributed by atoms with E-state index in [4.69, 9.17) is 14.2 Å². The lowest BCUT2D eigenvalue weighted by Crippen LogP contribution is -2.59. The van der Waals surface area contributed by atoms with Gasteiger partial charge in [-0.15, -0.1) is 0 Å². The zero-order chi connectivity index (χ0) is 23.3. The summed E-state index contributed by atoms with van der Waals surface area (Å²) in [5.74, 6) is -2.79. The highest BCUT2D eigenvalue weighted by molar-refractivity contribution is 6.05. The molecule has 11 heteroatoms. The molecule has 0 saturated carbocycles. The van der Waals surface area contributed by atoms with Crippen LogP contribution in [0.15, 0.2) is 30.3 Å². The number of fused-ring (bicyclic) bond motifs is 1. The molecule has 1 saturated heterocycles. The summed E-state index contributed by atoms with van der Waals surface area (Å²) in [5, 5.41) is 69.7. The van der Waals surface area contributed by atoms with Gasteiger partial charge >= 0.3 is 0 Å². The van der Waals surface area contributed by atoms with Crippen LogP contribution in [0.5, 0.6) is 28.7 Å². The van der Waals surface area contributed by atoms with Crippen LogP contribution < -0.4 is 4.74 Å². The second-order valence-electron chi connectivity index (χ2n) is 7.73. The van der Waals surface area contributed by atoms with Crippen molar-refractivity contribution < 1.29 is 54.8 Å². The number of ketones is 1. The average molecular weight is 450 g/mol. The maximum atomic E-state index is 13.3. The third kappa shape index (κ3) is 3.70. The van der Waals surface area contributed by atoms with Crippen molar-refractivity contribution in [2.75, 3.05) is 0 Å². The van der Waals surface area contributed by atoms with Crippen molar-refractivity contribution in [2.24, 2.45) is 0 Å². The monoisotopic (exact) mass is 450 g/mol. The van der Waals surface area contributed by atoms with Crippen molar-refractivity contribution in [3.05, 3.63) is 41.5 Å². The minimum atomic E-state index is -1.71. The Bertz CT molecular complexity index is 1040. The number of hydrogen-bond donors (Lipinski definition) is 7. The largest absolute Gasteiger partial charge is 0.508 e. The molecule has 0 amide bonds. The molecule has 1 unspecified atom stereocenters. The van der Waals surface area contributed by atoms with Gasteiger partial charge in [-0.3, -0.25) is 4.79 Å². The van der Waals surface area contributed by atoms with Gasteiger partial charge in [-0.2, -0.15) is 0 Å². The molecule has 0 bridgehead atoms. The Morgan fingerprint density at radius 1 is 0.875 bits per heavy atom. The maximum absolute atomic E-state index is 13.3. The molecule has 0 aliphatic carbocycles. The van der Waals surface area contributed by atoms with E-state index >= 15 is 0 Å². The van der Waals surface area contributed by atoms with Crippen LogP contribution in [0.1, 0.15) is 28.9 Å². The van der Waals surface area contributed by atoms with Crippen LogP contribution >= 0.6 is 0 Å². The molecular formula is C21H22O11. The molecule has 4 rings (SSSR count). The Labute approximate surface area is 181 Å². The van der Waals surface area contributed by atoms with Gasteiger partial charge < -0.3 is 50.0 Å². The number of phenolic OH excluding ortho intramolecular Hbond substituents is 4. The first-order valence-electron chi connectivity index (χ1n) is 9.72. The molecule has 7 atom stereocenters. The number of phenols is 4. The van der Waals surface area contributed by atoms with Gasteiger partial charge in [-0.1, -0.05) is 6.07 Å². The highest BCUT2D eigenvalue weighted by Crippen LogP contribution is 2.44. The smallest absolute Gasteiger partial charge is 0.203 e. The van der Waals surface area contributed by atoms with Crippen LogP contribution in [0.3, 0.4) is 0 Å². The molecule has 2 aliphatic rings. The van der Waals surface area contributed by atoms with Crippen molar-refractivity contribution in [3.63, 3.8) is 0 Å². The van der Waals surface area contributed by atoms with Crippen LogP contribution in [0.4, 0.5) is 0 Å². The molecule has 1 fully saturated rings. The zero-order valence-corrected chi connectivity index (χ0v) is 16.7. The number of hydrogen-bond acceptors (Lipinski definition) is 11. The van der Waals surface area contributed by atoms with Crippen LogP contribution in [0, 0.1) is 0 Å². The summed E-state index contributed by atoms with van der Waals surface area (Å²) < 4.78 is 16.9. The van der Waals surface area contributed by atoms with Crippen molar-refractivity contribution in [3.8, 4) is 28.7 Å². The number of carbonyl (C=O) groups is 1. The molecule has 172 valence electrons. The SMILES string of the molecule is C[C@@H]1OC(O[C@@H]2C(=O)c3c(O)cc(O)cc3O[C@H]2c2ccc(O)c(O)c2)[C@H](O)[C@H](O)[C@H]1O. The summed E-state index contributed by atoms with van der Waals surface area (Å²) in [5.41, 5.74) is -0.1000. The Kier molecular flexibility index (Phi) is 5.61. The minimum absolute atomic E-state index is 0.154. The van der Waals surface area contributed by atoms with E-state index in [2.05, 4.69) is 0 Å². The summed E-state index contributed by atoms with van der Waals surface area (Å²) in [4.78, 5) is 13.3. The lowest BCUT2D eigenvalue weighted by atomic mass is 9.92. The third-order valence-electron chi connectivity index (χ3n) is 5.52. The Balaban J connectivity index is 1.75. The number of Topliss-reactive ketones (excluding diaryl/α,β-unsaturated/α-hetero) is 1. The molecule has 2 aromatic rings. The van der Waals surface area contributed by atoms with Gasteiger partial charge in [-0.05, 0) is 24.6 Å². The number of aliphatic hydroxyl groups excluding tert-OH is 3. The normalized spacial score (nSPS) is 32.2. The van der Waals surface area contributed by atoms with E-state index in [1.807, 2.05) is 0 Å². The first kappa shape index (κ1) is 22.1. The fraction of sp³-hybridized carbons (Fsp3) is 0.381. The molecular weight excluding hydrogens is 428 g/mol. The molecule has 7 N–H and O–H groups in total. The van der Waals surface area contributed by atoms with E-state index in [9.17, 15) is 40.5 Å². The molecule has 0 radical (unpaired) electrons. The van der Waals surface area contributed by atoms with Crippen molar-refractivity contribution in [1.82, 2.24) is 0 Å². The topological polar surface area (TPSA) is 186 Å². The van der Waals surface area contributed by atoms with E-state index in [-0.39, 0.29) is 22.6 Å². The van der Waals surface area contributed by atoms with Gasteiger partial charge in [0.15, 0.2) is 30.0 Å². The van der Waals surface area contributed by atoms with Crippen LogP contribution in [0.25, 0.3) is 0 Å². The molecule has 32 heavy (non-hydrogen) atoms. The second kappa shape index (κ2) is 8.11. The summed E-state index contributed by atoms with van der Waals surface area (Å²) in [6.45, 7) is 1.44. The third-order valence-corrected chi connectivity index (χ3v) is 5.52. The predicted octanol–water partition coefficient (Wildman–Crippen LogP) is 0.0381. The quantitative estimate of drug-likeness (QED) is 0.313. The lowest BCUT2D eigenvalue weighted by molar-refractivity contribution is -0.304. The fourth-order valence-corrected chi connectivity index (χ4v) is 3.77. The summed E-state index contributed by atoms with van der Waals surface area (Å²) in [6.07, 6.45) is -10.0. The zero-order valence-electron chi connectivity index (χ0n) is 16.7. The molecule has 2 aliphatic heterocycles. The van der Waals surface area contributed by atoms with Crippen molar-refractivity contribution in [1.29, 1.82) is 0 Å². The molecule has 0 spiro atoms. The predicted molar refractivity (Wildman–Crippen MR) is 104 cm³/mol. The summed E-state index contributed by atoms with van der Waals surface area (Å²) >= 11 is 0. The van der Waals surface area contributed by atoms with Gasteiger partial charge in [0.25, 0.3) is 0 Å². The number of aromatic hydroxyl groups is 4. The van der Waals surface area contributed by atoms with Crippen molar-refractivity contribution in [2.45, 2.75) is 49.8 Å². The van der Waals surface area contributed by atoms with E-state index in [1.54, 1.807) is 0 Å². The van der Waals surface area contributed by atoms with E-state index in [1.165, 1.54) is 19.1 Å². The Morgan fingerprint density at radius 3 is 2.28 bits per heavy atom. The van der Waals surface area contributed by atoms with Gasteiger partial charge in [0.1, 0.15) is 41.1 Å². The number of aliphatic hydroxyl groups is 3. The van der Waals surface area contributed by atoms with Crippen molar-refractivity contribution >= 4 is 5.78 Å². The van der Waals surface area contributed by atoms with Gasteiger partial charge in [-0.25, -0.2) is 0 Å². The molecule has 2 heterocycles. The first-order chi connectivity index (χ1) is 15.1. The first-order valence-corrected chi connectivity index (χ1v) is 9.72. The van der Waals surface area contributed by atoms with Gasteiger partial charge in [0.2, 0.25) is 5.78 Å². The number of carbonyl (C=O) groups excluding carboxylic acids is 1. The van der Waals surface area contributed by atoms with Crippen LogP contribution in [-0.4, -0.2) is 78.3 Å². The summed E-state index contributed by atoms with van der Waals surface area (Å²) in [7, 11) is 0. The van der Waals surface area contributed by atoms with Gasteiger partial charge in [0.05, 0.1) is 6.10 Å². The number of ether oxygens (including phenoxy) is 3. The highest BCUT2D eigenvalue weighted by atomic mass is 16.7. The van der Waals surface area contributed by atoms with Gasteiger partial charge in [0, 0.05) is 12.1 Å². The average Bonchev–Trinajstić information content (AvgIpc) is 2.73. The van der Waals surface area contributed by atoms with E-state index in [0.29, 0.717) is 0 Å². The Morgan fingerprint density at radius 2 is 1.59 bits per heavy atom.